The topological polar surface area (TPSA) is 6.48 Å². The Kier molecular flexibility index (Phi) is 4.09. The van der Waals surface area contributed by atoms with Gasteiger partial charge in [0.15, 0.2) is 0 Å². The van der Waals surface area contributed by atoms with Gasteiger partial charge in [0.05, 0.1) is 0 Å². The molecule has 1 atom stereocenters. The van der Waals surface area contributed by atoms with Gasteiger partial charge in [-0.3, -0.25) is 0 Å². The first-order valence-corrected chi connectivity index (χ1v) is 8.99. The minimum absolute atomic E-state index is 0.484. The van der Waals surface area contributed by atoms with Crippen molar-refractivity contribution in [2.75, 3.05) is 38.1 Å². The van der Waals surface area contributed by atoms with Gasteiger partial charge in [0.1, 0.15) is 0 Å². The van der Waals surface area contributed by atoms with Crippen LogP contribution in [-0.4, -0.2) is 38.1 Å². The lowest BCUT2D eigenvalue weighted by atomic mass is 9.67. The zero-order valence-electron chi connectivity index (χ0n) is 13.2. The molecule has 3 saturated heterocycles. The van der Waals surface area contributed by atoms with Gasteiger partial charge in [-0.15, -0.1) is 11.3 Å². The summed E-state index contributed by atoms with van der Waals surface area (Å²) < 4.78 is 0. The maximum absolute atomic E-state index is 2.67. The fraction of sp³-hybridized carbons (Fsp3) is 0.765. The van der Waals surface area contributed by atoms with Crippen LogP contribution in [-0.2, 0) is 6.42 Å². The quantitative estimate of drug-likeness (QED) is 0.813. The number of piperidine rings is 3. The standard InChI is InChI=1S/C17H28N2S/c1-4-5-16-10-15(11-20-16)18(3)12-17(2)13-19-8-6-14(17)7-9-19/h10-11,14H,4-9,12-13H2,1-3H3/t17-/m1/s1. The smallest absolute Gasteiger partial charge is 0.0475 e. The SMILES string of the molecule is CCCc1cc(N(C)C[C@]2(C)CN3CCC2CC3)cs1. The van der Waals surface area contributed by atoms with Crippen LogP contribution in [0.25, 0.3) is 0 Å². The van der Waals surface area contributed by atoms with Gasteiger partial charge < -0.3 is 9.80 Å². The van der Waals surface area contributed by atoms with Crippen LogP contribution in [0.3, 0.4) is 0 Å². The van der Waals surface area contributed by atoms with Crippen molar-refractivity contribution in [3.05, 3.63) is 16.3 Å². The number of rotatable bonds is 5. The summed E-state index contributed by atoms with van der Waals surface area (Å²) in [5.41, 5.74) is 1.91. The van der Waals surface area contributed by atoms with E-state index in [1.807, 2.05) is 11.3 Å². The van der Waals surface area contributed by atoms with Crippen LogP contribution in [0.15, 0.2) is 11.4 Å². The van der Waals surface area contributed by atoms with Crippen molar-refractivity contribution in [2.45, 2.75) is 39.5 Å². The first-order valence-electron chi connectivity index (χ1n) is 8.11. The largest absolute Gasteiger partial charge is 0.373 e. The fourth-order valence-electron chi connectivity index (χ4n) is 4.19. The van der Waals surface area contributed by atoms with E-state index in [-0.39, 0.29) is 0 Å². The Morgan fingerprint density at radius 3 is 2.75 bits per heavy atom. The summed E-state index contributed by atoms with van der Waals surface area (Å²) in [6, 6.07) is 2.40. The summed E-state index contributed by atoms with van der Waals surface area (Å²) in [6.07, 6.45) is 5.30. The molecule has 112 valence electrons. The van der Waals surface area contributed by atoms with Crippen molar-refractivity contribution in [1.29, 1.82) is 0 Å². The summed E-state index contributed by atoms with van der Waals surface area (Å²) in [4.78, 5) is 6.70. The number of hydrogen-bond acceptors (Lipinski definition) is 3. The normalized spacial score (nSPS) is 32.5. The van der Waals surface area contributed by atoms with Crippen LogP contribution in [0.4, 0.5) is 5.69 Å². The summed E-state index contributed by atoms with van der Waals surface area (Å²) in [6.45, 7) is 9.95. The summed E-state index contributed by atoms with van der Waals surface area (Å²) >= 11 is 1.93. The lowest BCUT2D eigenvalue weighted by Crippen LogP contribution is -2.57. The molecule has 2 bridgehead atoms. The Hall–Kier alpha value is -0.540. The molecule has 4 heterocycles. The van der Waals surface area contributed by atoms with E-state index in [9.17, 15) is 0 Å². The average Bonchev–Trinajstić information content (AvgIpc) is 2.88. The van der Waals surface area contributed by atoms with E-state index in [0.717, 1.165) is 5.92 Å². The van der Waals surface area contributed by atoms with Crippen molar-refractivity contribution in [1.82, 2.24) is 4.90 Å². The third-order valence-corrected chi connectivity index (χ3v) is 6.32. The minimum Gasteiger partial charge on any atom is -0.373 e. The summed E-state index contributed by atoms with van der Waals surface area (Å²) in [5, 5.41) is 2.34. The van der Waals surface area contributed by atoms with E-state index < -0.39 is 0 Å². The third kappa shape index (κ3) is 2.75. The molecule has 2 nitrogen and oxygen atoms in total. The van der Waals surface area contributed by atoms with E-state index in [4.69, 9.17) is 0 Å². The van der Waals surface area contributed by atoms with Crippen molar-refractivity contribution in [3.63, 3.8) is 0 Å². The van der Waals surface area contributed by atoms with E-state index in [2.05, 4.69) is 42.1 Å². The molecule has 0 saturated carbocycles. The highest BCUT2D eigenvalue weighted by molar-refractivity contribution is 7.10. The molecular weight excluding hydrogens is 264 g/mol. The second-order valence-corrected chi connectivity index (χ2v) is 8.08. The monoisotopic (exact) mass is 292 g/mol. The Labute approximate surface area is 127 Å². The van der Waals surface area contributed by atoms with Crippen molar-refractivity contribution < 1.29 is 0 Å². The van der Waals surface area contributed by atoms with E-state index in [1.165, 1.54) is 62.4 Å². The summed E-state index contributed by atoms with van der Waals surface area (Å²) in [5.74, 6) is 0.934. The highest BCUT2D eigenvalue weighted by atomic mass is 32.1. The van der Waals surface area contributed by atoms with E-state index >= 15 is 0 Å². The van der Waals surface area contributed by atoms with Crippen LogP contribution >= 0.6 is 11.3 Å². The molecule has 0 radical (unpaired) electrons. The molecule has 1 aromatic heterocycles. The van der Waals surface area contributed by atoms with Crippen molar-refractivity contribution in [2.24, 2.45) is 11.3 Å². The fourth-order valence-corrected chi connectivity index (χ4v) is 5.22. The van der Waals surface area contributed by atoms with Crippen molar-refractivity contribution >= 4 is 17.0 Å². The van der Waals surface area contributed by atoms with Gasteiger partial charge in [-0.1, -0.05) is 20.3 Å². The molecule has 0 unspecified atom stereocenters. The van der Waals surface area contributed by atoms with Crippen LogP contribution in [0.5, 0.6) is 0 Å². The average molecular weight is 292 g/mol. The third-order valence-electron chi connectivity index (χ3n) is 5.33. The molecule has 3 heteroatoms. The minimum atomic E-state index is 0.484. The predicted octanol–water partition coefficient (Wildman–Crippen LogP) is 3.87. The number of hydrogen-bond donors (Lipinski definition) is 0. The van der Waals surface area contributed by atoms with E-state index in [1.54, 1.807) is 0 Å². The molecule has 0 aromatic carbocycles. The molecule has 3 aliphatic rings. The maximum atomic E-state index is 2.67. The Balaban J connectivity index is 1.67. The number of anilines is 1. The molecule has 0 aliphatic carbocycles. The number of aryl methyl sites for hydroxylation is 1. The highest BCUT2D eigenvalue weighted by Crippen LogP contribution is 2.43. The molecule has 1 aromatic rings. The zero-order valence-corrected chi connectivity index (χ0v) is 14.0. The molecule has 20 heavy (non-hydrogen) atoms. The Morgan fingerprint density at radius 2 is 2.15 bits per heavy atom. The number of fused-ring (bicyclic) bond motifs is 3. The summed E-state index contributed by atoms with van der Waals surface area (Å²) in [7, 11) is 2.28. The maximum Gasteiger partial charge on any atom is 0.0475 e. The van der Waals surface area contributed by atoms with Crippen molar-refractivity contribution in [3.8, 4) is 0 Å². The number of nitrogens with zero attached hydrogens (tertiary/aromatic N) is 2. The number of thiophene rings is 1. The van der Waals surface area contributed by atoms with Gasteiger partial charge in [0.25, 0.3) is 0 Å². The first kappa shape index (κ1) is 14.4. The van der Waals surface area contributed by atoms with Crippen LogP contribution < -0.4 is 4.90 Å². The molecule has 0 N–H and O–H groups in total. The van der Waals surface area contributed by atoms with Crippen LogP contribution in [0.2, 0.25) is 0 Å². The second-order valence-electron chi connectivity index (χ2n) is 7.08. The zero-order chi connectivity index (χ0) is 14.2. The first-order chi connectivity index (χ1) is 9.60. The lowest BCUT2D eigenvalue weighted by Gasteiger charge is -2.53. The molecule has 0 amide bonds. The van der Waals surface area contributed by atoms with Gasteiger partial charge in [0.2, 0.25) is 0 Å². The molecule has 3 aliphatic heterocycles. The molecule has 3 fully saturated rings. The molecule has 0 spiro atoms. The molecule has 4 rings (SSSR count). The predicted molar refractivity (Wildman–Crippen MR) is 88.9 cm³/mol. The van der Waals surface area contributed by atoms with Gasteiger partial charge >= 0.3 is 0 Å². The van der Waals surface area contributed by atoms with Crippen LogP contribution in [0, 0.1) is 11.3 Å². The second kappa shape index (κ2) is 5.69. The van der Waals surface area contributed by atoms with Gasteiger partial charge in [-0.05, 0) is 44.3 Å². The van der Waals surface area contributed by atoms with Gasteiger partial charge in [-0.2, -0.15) is 0 Å². The van der Waals surface area contributed by atoms with Gasteiger partial charge in [0, 0.05) is 41.5 Å². The molecular formula is C17H28N2S. The lowest BCUT2D eigenvalue weighted by molar-refractivity contribution is -0.0112. The van der Waals surface area contributed by atoms with E-state index in [0.29, 0.717) is 5.41 Å². The Bertz CT molecular complexity index is 448. The Morgan fingerprint density at radius 1 is 1.40 bits per heavy atom. The van der Waals surface area contributed by atoms with Gasteiger partial charge in [-0.25, -0.2) is 0 Å². The highest BCUT2D eigenvalue weighted by Gasteiger charge is 2.43. The van der Waals surface area contributed by atoms with Crippen LogP contribution in [0.1, 0.15) is 38.0 Å².